The number of sulfonamides is 1. The first-order valence-electron chi connectivity index (χ1n) is 9.40. The summed E-state index contributed by atoms with van der Waals surface area (Å²) in [6.07, 6.45) is 7.15. The number of nitrogens with zero attached hydrogens (tertiary/aromatic N) is 5. The predicted octanol–water partition coefficient (Wildman–Crippen LogP) is 1.10. The second-order valence-corrected chi connectivity index (χ2v) is 10.4. The van der Waals surface area contributed by atoms with Crippen molar-refractivity contribution in [1.29, 1.82) is 0 Å². The molecule has 1 saturated heterocycles. The van der Waals surface area contributed by atoms with E-state index in [1.807, 2.05) is 25.2 Å². The van der Waals surface area contributed by atoms with Crippen molar-refractivity contribution in [3.8, 4) is 0 Å². The summed E-state index contributed by atoms with van der Waals surface area (Å²) >= 11 is 0. The van der Waals surface area contributed by atoms with Gasteiger partial charge < -0.3 is 9.80 Å². The van der Waals surface area contributed by atoms with Crippen molar-refractivity contribution in [2.45, 2.75) is 37.5 Å². The van der Waals surface area contributed by atoms with Crippen molar-refractivity contribution in [1.82, 2.24) is 19.2 Å². The largest absolute Gasteiger partial charge is 0.347 e. The average Bonchev–Trinajstić information content (AvgIpc) is 2.92. The number of aromatic nitrogens is 2. The van der Waals surface area contributed by atoms with Crippen LogP contribution in [0.25, 0.3) is 0 Å². The maximum absolute atomic E-state index is 12.0. The van der Waals surface area contributed by atoms with Gasteiger partial charge in [-0.05, 0) is 50.8 Å². The molecular formula is C18H31N5O2S. The number of hydrogen-bond acceptors (Lipinski definition) is 6. The van der Waals surface area contributed by atoms with Crippen molar-refractivity contribution in [2.75, 3.05) is 58.5 Å². The Bertz CT molecular complexity index is 746. The van der Waals surface area contributed by atoms with Gasteiger partial charge >= 0.3 is 0 Å². The van der Waals surface area contributed by atoms with E-state index < -0.39 is 10.0 Å². The van der Waals surface area contributed by atoms with Crippen LogP contribution in [-0.4, -0.2) is 81.2 Å². The second-order valence-electron chi connectivity index (χ2n) is 8.05. The first kappa shape index (κ1) is 19.5. The summed E-state index contributed by atoms with van der Waals surface area (Å²) in [6, 6.07) is 0. The number of rotatable bonds is 6. The van der Waals surface area contributed by atoms with E-state index in [1.165, 1.54) is 15.6 Å². The Morgan fingerprint density at radius 1 is 1.23 bits per heavy atom. The van der Waals surface area contributed by atoms with Crippen LogP contribution in [0.2, 0.25) is 0 Å². The summed E-state index contributed by atoms with van der Waals surface area (Å²) in [5, 5.41) is 0. The molecule has 8 heteroatoms. The minimum atomic E-state index is -3.11. The molecule has 3 rings (SSSR count). The molecule has 26 heavy (non-hydrogen) atoms. The number of fused-ring (bicyclic) bond motifs is 2. The average molecular weight is 382 g/mol. The van der Waals surface area contributed by atoms with E-state index in [-0.39, 0.29) is 11.2 Å². The van der Waals surface area contributed by atoms with Crippen LogP contribution in [0.5, 0.6) is 0 Å². The second kappa shape index (κ2) is 7.40. The predicted molar refractivity (Wildman–Crippen MR) is 104 cm³/mol. The van der Waals surface area contributed by atoms with Gasteiger partial charge in [0.05, 0.1) is 11.4 Å². The third-order valence-electron chi connectivity index (χ3n) is 5.72. The quantitative estimate of drug-likeness (QED) is 0.735. The lowest BCUT2D eigenvalue weighted by Gasteiger charge is -2.40. The van der Waals surface area contributed by atoms with Crippen molar-refractivity contribution in [3.05, 3.63) is 17.5 Å². The van der Waals surface area contributed by atoms with Gasteiger partial charge in [-0.2, -0.15) is 0 Å². The molecule has 1 spiro atoms. The highest BCUT2D eigenvalue weighted by Crippen LogP contribution is 2.44. The highest BCUT2D eigenvalue weighted by Gasteiger charge is 2.43. The Labute approximate surface area is 157 Å². The number of piperidine rings is 1. The van der Waals surface area contributed by atoms with Crippen LogP contribution < -0.4 is 4.90 Å². The molecule has 1 atom stereocenters. The van der Waals surface area contributed by atoms with Gasteiger partial charge in [0.15, 0.2) is 0 Å². The molecule has 1 aliphatic heterocycles. The lowest BCUT2D eigenvalue weighted by atomic mass is 9.77. The first-order valence-corrected chi connectivity index (χ1v) is 11.0. The van der Waals surface area contributed by atoms with Crippen LogP contribution in [0.3, 0.4) is 0 Å². The van der Waals surface area contributed by atoms with Gasteiger partial charge in [0.1, 0.15) is 0 Å². The molecule has 1 aliphatic carbocycles. The number of hydrogen-bond donors (Lipinski definition) is 0. The molecule has 2 heterocycles. The zero-order valence-electron chi connectivity index (χ0n) is 16.4. The van der Waals surface area contributed by atoms with Crippen molar-refractivity contribution in [3.63, 3.8) is 0 Å². The SMILES string of the molecule is CN(C)c1ncc2c(n1)C1(CCCN(CCCS(=O)(=O)N(C)C)C1)CC2. The van der Waals surface area contributed by atoms with Gasteiger partial charge in [-0.3, -0.25) is 0 Å². The van der Waals surface area contributed by atoms with Crippen molar-refractivity contribution < 1.29 is 8.42 Å². The molecule has 0 bridgehead atoms. The fourth-order valence-corrected chi connectivity index (χ4v) is 5.07. The van der Waals surface area contributed by atoms with Gasteiger partial charge in [0.25, 0.3) is 0 Å². The highest BCUT2D eigenvalue weighted by atomic mass is 32.2. The fourth-order valence-electron chi connectivity index (χ4n) is 4.22. The molecule has 1 aromatic rings. The van der Waals surface area contributed by atoms with Crippen molar-refractivity contribution >= 4 is 16.0 Å². The Morgan fingerprint density at radius 2 is 2.00 bits per heavy atom. The van der Waals surface area contributed by atoms with E-state index in [2.05, 4.69) is 9.88 Å². The van der Waals surface area contributed by atoms with Gasteiger partial charge in [-0.1, -0.05) is 0 Å². The zero-order valence-corrected chi connectivity index (χ0v) is 17.2. The van der Waals surface area contributed by atoms with E-state index in [0.29, 0.717) is 6.42 Å². The van der Waals surface area contributed by atoms with Crippen molar-refractivity contribution in [2.24, 2.45) is 0 Å². The minimum Gasteiger partial charge on any atom is -0.347 e. The highest BCUT2D eigenvalue weighted by molar-refractivity contribution is 7.89. The number of anilines is 1. The molecule has 0 aromatic carbocycles. The topological polar surface area (TPSA) is 69.6 Å². The molecule has 146 valence electrons. The van der Waals surface area contributed by atoms with Crippen LogP contribution >= 0.6 is 0 Å². The minimum absolute atomic E-state index is 0.113. The fraction of sp³-hybridized carbons (Fsp3) is 0.778. The molecule has 0 radical (unpaired) electrons. The lowest BCUT2D eigenvalue weighted by Crippen LogP contribution is -2.46. The number of aryl methyl sites for hydroxylation is 1. The Hall–Kier alpha value is -1.25. The summed E-state index contributed by atoms with van der Waals surface area (Å²) in [5.74, 6) is 0.992. The third kappa shape index (κ3) is 3.87. The summed E-state index contributed by atoms with van der Waals surface area (Å²) in [7, 11) is 4.04. The Kier molecular flexibility index (Phi) is 5.55. The summed E-state index contributed by atoms with van der Waals surface area (Å²) in [5.41, 5.74) is 2.62. The Morgan fingerprint density at radius 3 is 2.69 bits per heavy atom. The van der Waals surface area contributed by atoms with Gasteiger partial charge in [0, 0.05) is 46.3 Å². The van der Waals surface area contributed by atoms with Crippen LogP contribution in [0.1, 0.15) is 36.9 Å². The van der Waals surface area contributed by atoms with E-state index in [9.17, 15) is 8.42 Å². The standard InChI is InChI=1S/C18H31N5O2S/c1-21(2)17-19-13-15-7-9-18(16(15)20-17)8-5-10-23(14-18)11-6-12-26(24,25)22(3)4/h13H,5-12,14H2,1-4H3. The summed E-state index contributed by atoms with van der Waals surface area (Å²) in [4.78, 5) is 13.8. The van der Waals surface area contributed by atoms with Gasteiger partial charge in [0.2, 0.25) is 16.0 Å². The van der Waals surface area contributed by atoms with Gasteiger partial charge in [-0.25, -0.2) is 22.7 Å². The normalized spacial score (nSPS) is 23.6. The van der Waals surface area contributed by atoms with E-state index in [1.54, 1.807) is 14.1 Å². The maximum atomic E-state index is 12.0. The van der Waals surface area contributed by atoms with Crippen LogP contribution in [0, 0.1) is 0 Å². The molecular weight excluding hydrogens is 350 g/mol. The molecule has 0 saturated carbocycles. The van der Waals surface area contributed by atoms with Gasteiger partial charge in [-0.15, -0.1) is 0 Å². The summed E-state index contributed by atoms with van der Waals surface area (Å²) in [6.45, 7) is 2.85. The third-order valence-corrected chi connectivity index (χ3v) is 7.63. The summed E-state index contributed by atoms with van der Waals surface area (Å²) < 4.78 is 25.3. The molecule has 1 fully saturated rings. The van der Waals surface area contributed by atoms with E-state index >= 15 is 0 Å². The molecule has 2 aliphatic rings. The van der Waals surface area contributed by atoms with Crippen LogP contribution in [-0.2, 0) is 21.9 Å². The van der Waals surface area contributed by atoms with E-state index in [4.69, 9.17) is 4.98 Å². The smallest absolute Gasteiger partial charge is 0.225 e. The van der Waals surface area contributed by atoms with Crippen LogP contribution in [0.15, 0.2) is 6.20 Å². The monoisotopic (exact) mass is 381 g/mol. The molecule has 0 amide bonds. The Balaban J connectivity index is 1.69. The zero-order chi connectivity index (χ0) is 18.9. The molecule has 0 N–H and O–H groups in total. The lowest BCUT2D eigenvalue weighted by molar-refractivity contribution is 0.143. The molecule has 7 nitrogen and oxygen atoms in total. The number of likely N-dealkylation sites (tertiary alicyclic amines) is 1. The molecule has 1 aromatic heterocycles. The first-order chi connectivity index (χ1) is 12.2. The van der Waals surface area contributed by atoms with E-state index in [0.717, 1.165) is 51.3 Å². The molecule has 1 unspecified atom stereocenters. The van der Waals surface area contributed by atoms with Crippen LogP contribution in [0.4, 0.5) is 5.95 Å². The maximum Gasteiger partial charge on any atom is 0.225 e.